The summed E-state index contributed by atoms with van der Waals surface area (Å²) in [5, 5.41) is 7.76. The average molecular weight is 264 g/mol. The molecule has 0 bridgehead atoms. The van der Waals surface area contributed by atoms with E-state index in [1.807, 2.05) is 11.9 Å². The third kappa shape index (κ3) is 3.56. The minimum Gasteiger partial charge on any atom is -0.373 e. The molecule has 1 aromatic heterocycles. The summed E-state index contributed by atoms with van der Waals surface area (Å²) in [5.41, 5.74) is 0.872. The number of rotatable bonds is 7. The Kier molecular flexibility index (Phi) is 4.58. The molecular formula is C14H24N4O. The third-order valence-electron chi connectivity index (χ3n) is 3.80. The SMILES string of the molecule is CCNC(Cn1ncc(N(C)CC)cc1=O)C1CC1. The zero-order valence-corrected chi connectivity index (χ0v) is 12.1. The molecule has 1 aromatic rings. The van der Waals surface area contributed by atoms with E-state index in [1.54, 1.807) is 16.9 Å². The Labute approximate surface area is 114 Å². The first-order valence-corrected chi connectivity index (χ1v) is 7.17. The molecule has 1 fully saturated rings. The highest BCUT2D eigenvalue weighted by molar-refractivity contribution is 5.41. The lowest BCUT2D eigenvalue weighted by Crippen LogP contribution is -2.39. The lowest BCUT2D eigenvalue weighted by atomic mass is 10.2. The van der Waals surface area contributed by atoms with Crippen molar-refractivity contribution in [3.63, 3.8) is 0 Å². The van der Waals surface area contributed by atoms with Crippen LogP contribution in [0.1, 0.15) is 26.7 Å². The zero-order chi connectivity index (χ0) is 13.8. The van der Waals surface area contributed by atoms with E-state index in [1.165, 1.54) is 12.8 Å². The second-order valence-electron chi connectivity index (χ2n) is 5.25. The molecule has 1 aliphatic carbocycles. The van der Waals surface area contributed by atoms with Crippen LogP contribution in [-0.2, 0) is 6.54 Å². The molecule has 0 amide bonds. The second kappa shape index (κ2) is 6.19. The van der Waals surface area contributed by atoms with Crippen molar-refractivity contribution in [1.29, 1.82) is 0 Å². The van der Waals surface area contributed by atoms with Crippen LogP contribution in [0, 0.1) is 5.92 Å². The van der Waals surface area contributed by atoms with Crippen LogP contribution in [-0.4, -0.2) is 36.0 Å². The molecule has 0 aliphatic heterocycles. The third-order valence-corrected chi connectivity index (χ3v) is 3.80. The molecule has 1 atom stereocenters. The zero-order valence-electron chi connectivity index (χ0n) is 12.1. The van der Waals surface area contributed by atoms with Crippen molar-refractivity contribution >= 4 is 5.69 Å². The molecule has 5 heteroatoms. The van der Waals surface area contributed by atoms with Gasteiger partial charge in [0.25, 0.3) is 5.56 Å². The van der Waals surface area contributed by atoms with Gasteiger partial charge in [-0.2, -0.15) is 5.10 Å². The highest BCUT2D eigenvalue weighted by atomic mass is 16.1. The summed E-state index contributed by atoms with van der Waals surface area (Å²) >= 11 is 0. The maximum absolute atomic E-state index is 12.1. The van der Waals surface area contributed by atoms with E-state index >= 15 is 0 Å². The van der Waals surface area contributed by atoms with Gasteiger partial charge in [0, 0.05) is 25.7 Å². The molecule has 1 N–H and O–H groups in total. The van der Waals surface area contributed by atoms with E-state index in [2.05, 4.69) is 24.3 Å². The molecule has 1 saturated carbocycles. The molecule has 0 spiro atoms. The first-order valence-electron chi connectivity index (χ1n) is 7.17. The summed E-state index contributed by atoms with van der Waals surface area (Å²) in [7, 11) is 1.96. The van der Waals surface area contributed by atoms with Gasteiger partial charge in [-0.15, -0.1) is 0 Å². The maximum atomic E-state index is 12.1. The molecule has 19 heavy (non-hydrogen) atoms. The molecule has 106 valence electrons. The maximum Gasteiger partial charge on any atom is 0.268 e. The second-order valence-corrected chi connectivity index (χ2v) is 5.25. The summed E-state index contributed by atoms with van der Waals surface area (Å²) in [6.07, 6.45) is 4.31. The van der Waals surface area contributed by atoms with E-state index in [-0.39, 0.29) is 5.56 Å². The Morgan fingerprint density at radius 2 is 2.26 bits per heavy atom. The van der Waals surface area contributed by atoms with E-state index in [4.69, 9.17) is 0 Å². The Balaban J connectivity index is 2.09. The Morgan fingerprint density at radius 3 is 2.79 bits per heavy atom. The Bertz CT molecular complexity index is 467. The Hall–Kier alpha value is -1.36. The van der Waals surface area contributed by atoms with Crippen LogP contribution in [0.15, 0.2) is 17.1 Å². The fraction of sp³-hybridized carbons (Fsp3) is 0.714. The fourth-order valence-electron chi connectivity index (χ4n) is 2.28. The molecule has 5 nitrogen and oxygen atoms in total. The number of hydrogen-bond acceptors (Lipinski definition) is 4. The number of nitrogens with one attached hydrogen (secondary N) is 1. The highest BCUT2D eigenvalue weighted by Gasteiger charge is 2.31. The molecular weight excluding hydrogens is 240 g/mol. The number of aromatic nitrogens is 2. The van der Waals surface area contributed by atoms with Crippen molar-refractivity contribution in [3.05, 3.63) is 22.6 Å². The van der Waals surface area contributed by atoms with Crippen molar-refractivity contribution < 1.29 is 0 Å². The summed E-state index contributed by atoms with van der Waals surface area (Å²) in [6.45, 7) is 6.64. The summed E-state index contributed by atoms with van der Waals surface area (Å²) < 4.78 is 1.58. The van der Waals surface area contributed by atoms with Crippen LogP contribution < -0.4 is 15.8 Å². The minimum absolute atomic E-state index is 0.0126. The van der Waals surface area contributed by atoms with E-state index < -0.39 is 0 Å². The monoisotopic (exact) mass is 264 g/mol. The van der Waals surface area contributed by atoms with Crippen molar-refractivity contribution in [3.8, 4) is 0 Å². The van der Waals surface area contributed by atoms with Gasteiger partial charge in [-0.3, -0.25) is 4.79 Å². The van der Waals surface area contributed by atoms with Gasteiger partial charge >= 0.3 is 0 Å². The summed E-state index contributed by atoms with van der Waals surface area (Å²) in [4.78, 5) is 14.1. The molecule has 0 aromatic carbocycles. The van der Waals surface area contributed by atoms with Crippen molar-refractivity contribution in [1.82, 2.24) is 15.1 Å². The highest BCUT2D eigenvalue weighted by Crippen LogP contribution is 2.33. The molecule has 0 radical (unpaired) electrons. The van der Waals surface area contributed by atoms with E-state index in [0.717, 1.165) is 18.8 Å². The van der Waals surface area contributed by atoms with Crippen molar-refractivity contribution in [2.75, 3.05) is 25.0 Å². The van der Waals surface area contributed by atoms with E-state index in [9.17, 15) is 4.79 Å². The van der Waals surface area contributed by atoms with E-state index in [0.29, 0.717) is 18.5 Å². The lowest BCUT2D eigenvalue weighted by Gasteiger charge is -2.19. The average Bonchev–Trinajstić information content (AvgIpc) is 3.23. The normalized spacial score (nSPS) is 16.4. The standard InChI is InChI=1S/C14H24N4O/c1-4-15-13(11-6-7-11)10-18-14(19)8-12(9-16-18)17(3)5-2/h8-9,11,13,15H,4-7,10H2,1-3H3. The van der Waals surface area contributed by atoms with Gasteiger partial charge in [-0.1, -0.05) is 6.92 Å². The fourth-order valence-corrected chi connectivity index (χ4v) is 2.28. The smallest absolute Gasteiger partial charge is 0.268 e. The minimum atomic E-state index is -0.0126. The number of hydrogen-bond donors (Lipinski definition) is 1. The summed E-state index contributed by atoms with van der Waals surface area (Å²) in [5.74, 6) is 0.714. The van der Waals surface area contributed by atoms with Crippen molar-refractivity contribution in [2.45, 2.75) is 39.3 Å². The predicted molar refractivity (Wildman–Crippen MR) is 77.6 cm³/mol. The van der Waals surface area contributed by atoms with Gasteiger partial charge in [0.05, 0.1) is 18.4 Å². The summed E-state index contributed by atoms with van der Waals surface area (Å²) in [6, 6.07) is 2.05. The quantitative estimate of drug-likeness (QED) is 0.801. The van der Waals surface area contributed by atoms with Crippen LogP contribution in [0.3, 0.4) is 0 Å². The Morgan fingerprint density at radius 1 is 1.53 bits per heavy atom. The first kappa shape index (κ1) is 14.1. The topological polar surface area (TPSA) is 50.2 Å². The van der Waals surface area contributed by atoms with Gasteiger partial charge in [0.15, 0.2) is 0 Å². The largest absolute Gasteiger partial charge is 0.373 e. The molecule has 0 saturated heterocycles. The van der Waals surface area contributed by atoms with Crippen molar-refractivity contribution in [2.24, 2.45) is 5.92 Å². The lowest BCUT2D eigenvalue weighted by molar-refractivity contribution is 0.387. The predicted octanol–water partition coefficient (Wildman–Crippen LogP) is 1.09. The molecule has 1 aliphatic rings. The number of likely N-dealkylation sites (N-methyl/N-ethyl adjacent to an activating group) is 1. The van der Waals surface area contributed by atoms with Crippen LogP contribution in [0.2, 0.25) is 0 Å². The van der Waals surface area contributed by atoms with Crippen LogP contribution in [0.4, 0.5) is 5.69 Å². The molecule has 1 unspecified atom stereocenters. The number of anilines is 1. The van der Waals surface area contributed by atoms with Crippen LogP contribution in [0.25, 0.3) is 0 Å². The van der Waals surface area contributed by atoms with Crippen LogP contribution in [0.5, 0.6) is 0 Å². The van der Waals surface area contributed by atoms with Gasteiger partial charge < -0.3 is 10.2 Å². The number of nitrogens with zero attached hydrogens (tertiary/aromatic N) is 3. The van der Waals surface area contributed by atoms with Gasteiger partial charge in [0.1, 0.15) is 0 Å². The van der Waals surface area contributed by atoms with Crippen LogP contribution >= 0.6 is 0 Å². The van der Waals surface area contributed by atoms with Gasteiger partial charge in [-0.05, 0) is 32.2 Å². The molecule has 2 rings (SSSR count). The molecule has 1 heterocycles. The van der Waals surface area contributed by atoms with Gasteiger partial charge in [0.2, 0.25) is 0 Å². The van der Waals surface area contributed by atoms with Gasteiger partial charge in [-0.25, -0.2) is 4.68 Å². The first-order chi connectivity index (χ1) is 9.15.